The van der Waals surface area contributed by atoms with Crippen LogP contribution >= 0.6 is 0 Å². The Labute approximate surface area is 80.9 Å². The van der Waals surface area contributed by atoms with Crippen LogP contribution in [0.2, 0.25) is 0 Å². The van der Waals surface area contributed by atoms with Crippen molar-refractivity contribution in [2.45, 2.75) is 13.5 Å². The highest BCUT2D eigenvalue weighted by Gasteiger charge is 2.05. The van der Waals surface area contributed by atoms with Crippen molar-refractivity contribution in [1.82, 2.24) is 10.3 Å². The Morgan fingerprint density at radius 3 is 3.14 bits per heavy atom. The minimum absolute atomic E-state index is 0.399. The molecule has 1 aromatic carbocycles. The number of H-pyrrole nitrogens is 1. The number of aromatic nitrogens is 1. The molecule has 4 heteroatoms. The van der Waals surface area contributed by atoms with Crippen molar-refractivity contribution in [3.63, 3.8) is 0 Å². The molecule has 0 atom stereocenters. The first kappa shape index (κ1) is 9.02. The van der Waals surface area contributed by atoms with E-state index in [0.29, 0.717) is 12.1 Å². The molecular weight excluding hydrogens is 180 g/mol. The van der Waals surface area contributed by atoms with Gasteiger partial charge >= 0.3 is 5.76 Å². The van der Waals surface area contributed by atoms with E-state index in [1.165, 1.54) is 0 Å². The minimum Gasteiger partial charge on any atom is -0.408 e. The molecule has 4 nitrogen and oxygen atoms in total. The highest BCUT2D eigenvalue weighted by atomic mass is 16.4. The zero-order chi connectivity index (χ0) is 9.97. The zero-order valence-corrected chi connectivity index (χ0v) is 7.96. The predicted octanol–water partition coefficient (Wildman–Crippen LogP) is 1.23. The van der Waals surface area contributed by atoms with Gasteiger partial charge in [0.05, 0.1) is 5.52 Å². The Bertz CT molecular complexity index is 484. The lowest BCUT2D eigenvalue weighted by atomic mass is 10.2. The molecule has 1 heterocycles. The third kappa shape index (κ3) is 1.56. The molecule has 0 aliphatic rings. The molecule has 0 aliphatic carbocycles. The topological polar surface area (TPSA) is 58.0 Å². The van der Waals surface area contributed by atoms with Gasteiger partial charge in [0.25, 0.3) is 0 Å². The number of aromatic amines is 1. The first-order valence-electron chi connectivity index (χ1n) is 4.62. The highest BCUT2D eigenvalue weighted by molar-refractivity contribution is 5.75. The van der Waals surface area contributed by atoms with Gasteiger partial charge in [0.15, 0.2) is 5.58 Å². The van der Waals surface area contributed by atoms with E-state index in [2.05, 4.69) is 10.3 Å². The molecule has 0 saturated carbocycles. The lowest BCUT2D eigenvalue weighted by Gasteiger charge is -2.01. The van der Waals surface area contributed by atoms with Gasteiger partial charge in [-0.2, -0.15) is 0 Å². The number of hydrogen-bond donors (Lipinski definition) is 2. The van der Waals surface area contributed by atoms with E-state index in [1.807, 2.05) is 25.1 Å². The molecule has 0 radical (unpaired) electrons. The van der Waals surface area contributed by atoms with E-state index in [1.54, 1.807) is 0 Å². The van der Waals surface area contributed by atoms with Crippen molar-refractivity contribution in [2.24, 2.45) is 0 Å². The van der Waals surface area contributed by atoms with E-state index in [-0.39, 0.29) is 0 Å². The molecule has 74 valence electrons. The van der Waals surface area contributed by atoms with Gasteiger partial charge < -0.3 is 9.73 Å². The van der Waals surface area contributed by atoms with Crippen molar-refractivity contribution >= 4 is 11.1 Å². The molecule has 14 heavy (non-hydrogen) atoms. The quantitative estimate of drug-likeness (QED) is 0.769. The Hall–Kier alpha value is -1.55. The summed E-state index contributed by atoms with van der Waals surface area (Å²) in [7, 11) is 0. The molecule has 0 amide bonds. The summed E-state index contributed by atoms with van der Waals surface area (Å²) in [4.78, 5) is 13.6. The van der Waals surface area contributed by atoms with Crippen LogP contribution in [-0.2, 0) is 6.54 Å². The maximum Gasteiger partial charge on any atom is 0.417 e. The van der Waals surface area contributed by atoms with E-state index in [0.717, 1.165) is 17.6 Å². The van der Waals surface area contributed by atoms with Gasteiger partial charge in [-0.15, -0.1) is 0 Å². The average Bonchev–Trinajstić information content (AvgIpc) is 2.55. The predicted molar refractivity (Wildman–Crippen MR) is 54.2 cm³/mol. The van der Waals surface area contributed by atoms with Crippen LogP contribution in [0.4, 0.5) is 0 Å². The molecule has 0 fully saturated rings. The van der Waals surface area contributed by atoms with Crippen molar-refractivity contribution in [3.05, 3.63) is 34.3 Å². The number of oxazole rings is 1. The molecule has 2 aromatic rings. The number of hydrogen-bond acceptors (Lipinski definition) is 3. The van der Waals surface area contributed by atoms with E-state index in [4.69, 9.17) is 4.42 Å². The minimum atomic E-state index is -0.399. The van der Waals surface area contributed by atoms with Crippen LogP contribution in [0.15, 0.2) is 27.4 Å². The second-order valence-corrected chi connectivity index (χ2v) is 3.09. The highest BCUT2D eigenvalue weighted by Crippen LogP contribution is 2.14. The fourth-order valence-electron chi connectivity index (χ4n) is 1.43. The monoisotopic (exact) mass is 192 g/mol. The number of fused-ring (bicyclic) bond motifs is 1. The van der Waals surface area contributed by atoms with Crippen molar-refractivity contribution in [3.8, 4) is 0 Å². The van der Waals surface area contributed by atoms with Crippen LogP contribution in [0.25, 0.3) is 11.1 Å². The first-order chi connectivity index (χ1) is 6.81. The second kappa shape index (κ2) is 3.67. The molecule has 0 unspecified atom stereocenters. The van der Waals surface area contributed by atoms with Crippen LogP contribution < -0.4 is 11.1 Å². The Balaban J connectivity index is 2.47. The van der Waals surface area contributed by atoms with Crippen LogP contribution in [0.1, 0.15) is 12.5 Å². The average molecular weight is 192 g/mol. The maximum atomic E-state index is 11.0. The fourth-order valence-corrected chi connectivity index (χ4v) is 1.43. The third-order valence-electron chi connectivity index (χ3n) is 2.09. The largest absolute Gasteiger partial charge is 0.417 e. The van der Waals surface area contributed by atoms with Crippen molar-refractivity contribution in [2.75, 3.05) is 6.54 Å². The molecule has 0 spiro atoms. The van der Waals surface area contributed by atoms with Crippen LogP contribution in [0.5, 0.6) is 0 Å². The van der Waals surface area contributed by atoms with Gasteiger partial charge in [0, 0.05) is 12.1 Å². The normalized spacial score (nSPS) is 10.9. The van der Waals surface area contributed by atoms with Gasteiger partial charge in [0.1, 0.15) is 0 Å². The summed E-state index contributed by atoms with van der Waals surface area (Å²) >= 11 is 0. The summed E-state index contributed by atoms with van der Waals surface area (Å²) < 4.78 is 5.04. The summed E-state index contributed by atoms with van der Waals surface area (Å²) in [6.45, 7) is 3.65. The number of benzene rings is 1. The van der Waals surface area contributed by atoms with Gasteiger partial charge in [-0.1, -0.05) is 19.1 Å². The fraction of sp³-hybridized carbons (Fsp3) is 0.300. The zero-order valence-electron chi connectivity index (χ0n) is 7.96. The first-order valence-corrected chi connectivity index (χ1v) is 4.62. The molecular formula is C10H12N2O2. The summed E-state index contributed by atoms with van der Waals surface area (Å²) in [5.41, 5.74) is 2.41. The van der Waals surface area contributed by atoms with Gasteiger partial charge in [-0.25, -0.2) is 4.79 Å². The van der Waals surface area contributed by atoms with Crippen LogP contribution in [0, 0.1) is 0 Å². The van der Waals surface area contributed by atoms with Crippen LogP contribution in [-0.4, -0.2) is 11.5 Å². The summed E-state index contributed by atoms with van der Waals surface area (Å²) in [6.07, 6.45) is 0. The summed E-state index contributed by atoms with van der Waals surface area (Å²) in [6, 6.07) is 5.68. The molecule has 1 aromatic heterocycles. The molecule has 2 rings (SSSR count). The standard InChI is InChI=1S/C10H12N2O2/c1-2-11-6-7-4-3-5-8-9(7)14-10(13)12-8/h3-5,11H,2,6H2,1H3,(H,12,13). The van der Waals surface area contributed by atoms with Gasteiger partial charge in [-0.3, -0.25) is 4.98 Å². The lowest BCUT2D eigenvalue weighted by molar-refractivity contribution is 0.549. The van der Waals surface area contributed by atoms with Gasteiger partial charge in [-0.05, 0) is 12.6 Å². The van der Waals surface area contributed by atoms with E-state index < -0.39 is 5.76 Å². The molecule has 0 bridgehead atoms. The number of rotatable bonds is 3. The maximum absolute atomic E-state index is 11.0. The summed E-state index contributed by atoms with van der Waals surface area (Å²) in [5.74, 6) is -0.399. The molecule has 0 aliphatic heterocycles. The van der Waals surface area contributed by atoms with Crippen LogP contribution in [0.3, 0.4) is 0 Å². The van der Waals surface area contributed by atoms with Gasteiger partial charge in [0.2, 0.25) is 0 Å². The Kier molecular flexibility index (Phi) is 2.37. The molecule has 2 N–H and O–H groups in total. The third-order valence-corrected chi connectivity index (χ3v) is 2.09. The SMILES string of the molecule is CCNCc1cccc2[nH]c(=O)oc12. The van der Waals surface area contributed by atoms with Crippen molar-refractivity contribution < 1.29 is 4.42 Å². The number of nitrogens with one attached hydrogen (secondary N) is 2. The van der Waals surface area contributed by atoms with Crippen molar-refractivity contribution in [1.29, 1.82) is 0 Å². The summed E-state index contributed by atoms with van der Waals surface area (Å²) in [5, 5.41) is 3.19. The number of para-hydroxylation sites is 1. The second-order valence-electron chi connectivity index (χ2n) is 3.09. The van der Waals surface area contributed by atoms with E-state index >= 15 is 0 Å². The Morgan fingerprint density at radius 1 is 1.50 bits per heavy atom. The Morgan fingerprint density at radius 2 is 2.36 bits per heavy atom. The van der Waals surface area contributed by atoms with E-state index in [9.17, 15) is 4.79 Å². The molecule has 0 saturated heterocycles. The smallest absolute Gasteiger partial charge is 0.408 e. The lowest BCUT2D eigenvalue weighted by Crippen LogP contribution is -2.11.